The fourth-order valence-electron chi connectivity index (χ4n) is 3.14. The number of hydrogen-bond donors (Lipinski definition) is 0. The van der Waals surface area contributed by atoms with Crippen LogP contribution in [0.4, 0.5) is 8.78 Å². The maximum atomic E-state index is 12.2. The molecule has 0 spiro atoms. The van der Waals surface area contributed by atoms with Gasteiger partial charge in [0.05, 0.1) is 0 Å². The maximum Gasteiger partial charge on any atom is 0.270 e. The Kier molecular flexibility index (Phi) is 6.21. The van der Waals surface area contributed by atoms with Crippen LogP contribution in [0.15, 0.2) is 30.3 Å². The molecule has 1 aliphatic rings. The summed E-state index contributed by atoms with van der Waals surface area (Å²) in [5.41, 5.74) is 1.89. The van der Waals surface area contributed by atoms with Crippen molar-refractivity contribution in [1.29, 1.82) is 0 Å². The molecule has 0 amide bonds. The summed E-state index contributed by atoms with van der Waals surface area (Å²) in [5, 5.41) is 1.10. The van der Waals surface area contributed by atoms with E-state index in [-0.39, 0.29) is 0 Å². The van der Waals surface area contributed by atoms with E-state index in [9.17, 15) is 8.78 Å². The number of halogens is 3. The fourth-order valence-corrected chi connectivity index (χ4v) is 3.46. The van der Waals surface area contributed by atoms with Gasteiger partial charge in [-0.15, -0.1) is 0 Å². The van der Waals surface area contributed by atoms with Crippen LogP contribution in [0.1, 0.15) is 55.6 Å². The zero-order valence-corrected chi connectivity index (χ0v) is 13.2. The predicted octanol–water partition coefficient (Wildman–Crippen LogP) is 6.37. The number of rotatable bonds is 5. The molecular weight excluding hydrogens is 322 g/mol. The van der Waals surface area contributed by atoms with Crippen molar-refractivity contribution in [2.24, 2.45) is 5.92 Å². The smallest absolute Gasteiger partial charge is 0.173 e. The van der Waals surface area contributed by atoms with Gasteiger partial charge in [0.1, 0.15) is 0 Å². The minimum Gasteiger partial charge on any atom is -0.173 e. The van der Waals surface area contributed by atoms with E-state index in [2.05, 4.69) is 15.9 Å². The molecule has 3 heteroatoms. The lowest BCUT2D eigenvalue weighted by atomic mass is 9.77. The van der Waals surface area contributed by atoms with Crippen molar-refractivity contribution in [3.8, 4) is 0 Å². The molecule has 0 N–H and O–H groups in total. The van der Waals surface area contributed by atoms with Crippen LogP contribution in [-0.4, -0.2) is 5.33 Å². The van der Waals surface area contributed by atoms with Crippen LogP contribution in [0, 0.1) is 5.92 Å². The van der Waals surface area contributed by atoms with Crippen molar-refractivity contribution >= 4 is 22.0 Å². The van der Waals surface area contributed by atoms with Crippen LogP contribution in [0.25, 0.3) is 6.08 Å². The quantitative estimate of drug-likeness (QED) is 0.545. The summed E-state index contributed by atoms with van der Waals surface area (Å²) in [5.74, 6) is 1.50. The van der Waals surface area contributed by atoms with Crippen LogP contribution in [0.2, 0.25) is 0 Å². The van der Waals surface area contributed by atoms with Crippen molar-refractivity contribution in [2.75, 3.05) is 5.33 Å². The van der Waals surface area contributed by atoms with E-state index in [0.717, 1.165) is 17.3 Å². The molecule has 1 aromatic rings. The average molecular weight is 343 g/mol. The Balaban J connectivity index is 1.89. The molecule has 0 bridgehead atoms. The second-order valence-corrected chi connectivity index (χ2v) is 6.44. The zero-order valence-electron chi connectivity index (χ0n) is 11.6. The highest BCUT2D eigenvalue weighted by atomic mass is 79.9. The van der Waals surface area contributed by atoms with Crippen LogP contribution in [0.3, 0.4) is 0 Å². The Labute approximate surface area is 128 Å². The lowest BCUT2D eigenvalue weighted by molar-refractivity contribution is 0.309. The first-order valence-electron chi connectivity index (χ1n) is 7.37. The van der Waals surface area contributed by atoms with Crippen molar-refractivity contribution in [3.05, 3.63) is 41.5 Å². The summed E-state index contributed by atoms with van der Waals surface area (Å²) in [7, 11) is 0. The largest absolute Gasteiger partial charge is 0.270 e. The van der Waals surface area contributed by atoms with E-state index < -0.39 is 6.08 Å². The Morgan fingerprint density at radius 1 is 1.10 bits per heavy atom. The SMILES string of the molecule is FC(F)=Cc1ccc(C2CCC(CCCBr)CC2)cc1. The van der Waals surface area contributed by atoms with Crippen LogP contribution < -0.4 is 0 Å². The summed E-state index contributed by atoms with van der Waals surface area (Å²) in [6.07, 6.45) is 6.96. The van der Waals surface area contributed by atoms with Crippen LogP contribution in [0.5, 0.6) is 0 Å². The third kappa shape index (κ3) is 4.69. The Morgan fingerprint density at radius 2 is 1.75 bits per heavy atom. The van der Waals surface area contributed by atoms with Gasteiger partial charge in [-0.05, 0) is 61.5 Å². The van der Waals surface area contributed by atoms with E-state index >= 15 is 0 Å². The lowest BCUT2D eigenvalue weighted by Crippen LogP contribution is -2.13. The highest BCUT2D eigenvalue weighted by Crippen LogP contribution is 2.37. The summed E-state index contributed by atoms with van der Waals surface area (Å²) in [6.45, 7) is 0. The monoisotopic (exact) mass is 342 g/mol. The number of alkyl halides is 1. The number of benzene rings is 1. The van der Waals surface area contributed by atoms with Crippen molar-refractivity contribution in [3.63, 3.8) is 0 Å². The molecule has 0 heterocycles. The van der Waals surface area contributed by atoms with Gasteiger partial charge in [0.25, 0.3) is 6.08 Å². The lowest BCUT2D eigenvalue weighted by Gasteiger charge is -2.28. The van der Waals surface area contributed by atoms with Gasteiger partial charge in [0.15, 0.2) is 0 Å². The molecule has 1 fully saturated rings. The highest BCUT2D eigenvalue weighted by Gasteiger charge is 2.21. The van der Waals surface area contributed by atoms with Gasteiger partial charge in [-0.3, -0.25) is 0 Å². The first-order chi connectivity index (χ1) is 9.69. The molecule has 1 aromatic carbocycles. The van der Waals surface area contributed by atoms with Gasteiger partial charge in [0.2, 0.25) is 0 Å². The molecule has 0 unspecified atom stereocenters. The minimum absolute atomic E-state index is 0.583. The molecule has 0 nitrogen and oxygen atoms in total. The molecule has 0 aromatic heterocycles. The van der Waals surface area contributed by atoms with E-state index in [0.29, 0.717) is 11.5 Å². The van der Waals surface area contributed by atoms with Gasteiger partial charge in [-0.25, -0.2) is 0 Å². The van der Waals surface area contributed by atoms with Gasteiger partial charge in [-0.1, -0.05) is 40.2 Å². The number of hydrogen-bond acceptors (Lipinski definition) is 0. The van der Waals surface area contributed by atoms with E-state index in [1.165, 1.54) is 44.1 Å². The second kappa shape index (κ2) is 7.92. The molecule has 0 radical (unpaired) electrons. The first kappa shape index (κ1) is 15.7. The van der Waals surface area contributed by atoms with Crippen molar-refractivity contribution in [1.82, 2.24) is 0 Å². The Morgan fingerprint density at radius 3 is 2.30 bits per heavy atom. The summed E-state index contributed by atoms with van der Waals surface area (Å²) in [4.78, 5) is 0. The van der Waals surface area contributed by atoms with Gasteiger partial charge < -0.3 is 0 Å². The molecule has 1 saturated carbocycles. The highest BCUT2D eigenvalue weighted by molar-refractivity contribution is 9.09. The summed E-state index contributed by atoms with van der Waals surface area (Å²) in [6, 6.07) is 7.62. The summed E-state index contributed by atoms with van der Waals surface area (Å²) < 4.78 is 24.4. The van der Waals surface area contributed by atoms with Gasteiger partial charge >= 0.3 is 0 Å². The van der Waals surface area contributed by atoms with E-state index in [1.54, 1.807) is 12.1 Å². The summed E-state index contributed by atoms with van der Waals surface area (Å²) >= 11 is 3.49. The molecule has 0 saturated heterocycles. The normalized spacial score (nSPS) is 22.6. The first-order valence-corrected chi connectivity index (χ1v) is 8.50. The average Bonchev–Trinajstić information content (AvgIpc) is 2.46. The second-order valence-electron chi connectivity index (χ2n) is 5.65. The zero-order chi connectivity index (χ0) is 14.4. The topological polar surface area (TPSA) is 0 Å². The molecule has 20 heavy (non-hydrogen) atoms. The third-order valence-corrected chi connectivity index (χ3v) is 4.84. The van der Waals surface area contributed by atoms with Gasteiger partial charge in [0, 0.05) is 11.4 Å². The Hall–Kier alpha value is -0.700. The van der Waals surface area contributed by atoms with Crippen LogP contribution >= 0.6 is 15.9 Å². The Bertz CT molecular complexity index is 427. The van der Waals surface area contributed by atoms with Crippen molar-refractivity contribution < 1.29 is 8.78 Å². The minimum atomic E-state index is -1.63. The van der Waals surface area contributed by atoms with E-state index in [4.69, 9.17) is 0 Å². The molecule has 0 aliphatic heterocycles. The molecule has 2 rings (SSSR count). The standard InChI is InChI=1S/C17H21BrF2/c18-11-1-2-13-3-7-15(8-4-13)16-9-5-14(6-10-16)12-17(19)20/h5-6,9-10,12-13,15H,1-4,7-8,11H2. The van der Waals surface area contributed by atoms with Crippen molar-refractivity contribution in [2.45, 2.75) is 44.4 Å². The fraction of sp³-hybridized carbons (Fsp3) is 0.529. The van der Waals surface area contributed by atoms with E-state index in [1.807, 2.05) is 12.1 Å². The predicted molar refractivity (Wildman–Crippen MR) is 84.4 cm³/mol. The molecular formula is C17H21BrF2. The van der Waals surface area contributed by atoms with Crippen LogP contribution in [-0.2, 0) is 0 Å². The maximum absolute atomic E-state index is 12.2. The third-order valence-electron chi connectivity index (χ3n) is 4.28. The molecule has 1 aliphatic carbocycles. The van der Waals surface area contributed by atoms with Gasteiger partial charge in [-0.2, -0.15) is 8.78 Å². The molecule has 0 atom stereocenters. The molecule has 110 valence electrons.